The number of benzene rings is 4. The number of para-hydroxylation sites is 1. The summed E-state index contributed by atoms with van der Waals surface area (Å²) >= 11 is 8.44. The number of halogens is 2. The summed E-state index contributed by atoms with van der Waals surface area (Å²) in [5.74, 6) is 1.36. The fourth-order valence-electron chi connectivity index (χ4n) is 7.37. The quantitative estimate of drug-likeness (QED) is 0.0590. The Morgan fingerprint density at radius 1 is 0.937 bits per heavy atom. The van der Waals surface area contributed by atoms with Crippen molar-refractivity contribution in [3.8, 4) is 50.3 Å². The summed E-state index contributed by atoms with van der Waals surface area (Å²) in [4.78, 5) is 53.4. The standard InChI is InChI=1S/C46H43ClFN6O7PS/c1-29-37(14-15-39(42(29)47)59-23-22-54-20-18-49-19-21-54)40-41-45(51-28-52-46(41)63-43(40)31-10-12-34(48)13-11-31)61-36(25-55)24-33-4-2-3-5-38(33)60-26-35-16-17-50-44(53-35)32-8-6-30(7-9-32)27-62(56,57)58/h2-17,25,28,36,49H,18-24,26-27H2,1H3,(H2,56,57,58). The highest BCUT2D eigenvalue weighted by Gasteiger charge is 2.26. The molecule has 0 saturated carbocycles. The minimum atomic E-state index is -4.20. The van der Waals surface area contributed by atoms with Crippen molar-refractivity contribution in [2.45, 2.75) is 32.2 Å². The van der Waals surface area contributed by atoms with Crippen LogP contribution in [0, 0.1) is 12.7 Å². The summed E-state index contributed by atoms with van der Waals surface area (Å²) in [6.07, 6.45) is 2.55. The van der Waals surface area contributed by atoms with Crippen LogP contribution in [0.1, 0.15) is 22.4 Å². The Kier molecular flexibility index (Phi) is 13.8. The zero-order valence-electron chi connectivity index (χ0n) is 34.1. The molecule has 0 radical (unpaired) electrons. The summed E-state index contributed by atoms with van der Waals surface area (Å²) in [6.45, 7) is 7.10. The molecule has 1 aliphatic heterocycles. The van der Waals surface area contributed by atoms with E-state index in [9.17, 15) is 23.5 Å². The van der Waals surface area contributed by atoms with Gasteiger partial charge in [-0.25, -0.2) is 24.3 Å². The van der Waals surface area contributed by atoms with Crippen molar-refractivity contribution in [3.63, 3.8) is 0 Å². The minimum absolute atomic E-state index is 0.0916. The zero-order valence-corrected chi connectivity index (χ0v) is 36.6. The Labute approximate surface area is 372 Å². The zero-order chi connectivity index (χ0) is 43.9. The third kappa shape index (κ3) is 10.8. The molecule has 1 atom stereocenters. The van der Waals surface area contributed by atoms with Gasteiger partial charge in [-0.2, -0.15) is 0 Å². The summed E-state index contributed by atoms with van der Waals surface area (Å²) < 4.78 is 44.5. The second kappa shape index (κ2) is 19.8. The Balaban J connectivity index is 1.04. The fourth-order valence-corrected chi connectivity index (χ4v) is 9.43. The van der Waals surface area contributed by atoms with E-state index in [1.54, 1.807) is 54.7 Å². The van der Waals surface area contributed by atoms with Gasteiger partial charge >= 0.3 is 7.60 Å². The molecule has 17 heteroatoms. The van der Waals surface area contributed by atoms with Crippen molar-refractivity contribution < 1.29 is 37.7 Å². The highest BCUT2D eigenvalue weighted by Crippen LogP contribution is 2.49. The predicted molar refractivity (Wildman–Crippen MR) is 241 cm³/mol. The number of thiophene rings is 1. The summed E-state index contributed by atoms with van der Waals surface area (Å²) in [5, 5.41) is 4.41. The van der Waals surface area contributed by atoms with E-state index in [0.717, 1.165) is 66.1 Å². The number of nitrogens with one attached hydrogen (secondary N) is 1. The predicted octanol–water partition coefficient (Wildman–Crippen LogP) is 8.31. The topological polar surface area (TPSA) is 169 Å². The number of rotatable bonds is 17. The second-order valence-corrected chi connectivity index (χ2v) is 18.0. The van der Waals surface area contributed by atoms with Crippen LogP contribution in [0.3, 0.4) is 0 Å². The fraction of sp³-hybridized carbons (Fsp3) is 0.239. The number of aldehydes is 1. The first-order chi connectivity index (χ1) is 30.5. The van der Waals surface area contributed by atoms with Gasteiger partial charge < -0.3 is 29.3 Å². The van der Waals surface area contributed by atoms with Gasteiger partial charge in [0.1, 0.15) is 41.7 Å². The summed E-state index contributed by atoms with van der Waals surface area (Å²) in [6, 6.07) is 25.8. The molecule has 3 aromatic heterocycles. The molecule has 1 fully saturated rings. The summed E-state index contributed by atoms with van der Waals surface area (Å²) in [7, 11) is -4.20. The Hall–Kier alpha value is -5.64. The lowest BCUT2D eigenvalue weighted by Gasteiger charge is -2.27. The molecule has 1 saturated heterocycles. The van der Waals surface area contributed by atoms with Gasteiger partial charge in [-0.15, -0.1) is 11.3 Å². The number of carbonyl (C=O) groups is 1. The number of piperazine rings is 1. The van der Waals surface area contributed by atoms with E-state index in [-0.39, 0.29) is 30.9 Å². The molecule has 1 unspecified atom stereocenters. The first-order valence-corrected chi connectivity index (χ1v) is 23.2. The average molecular weight is 909 g/mol. The Morgan fingerprint density at radius 2 is 1.70 bits per heavy atom. The highest BCUT2D eigenvalue weighted by atomic mass is 35.5. The lowest BCUT2D eigenvalue weighted by molar-refractivity contribution is -0.113. The maximum atomic E-state index is 14.2. The third-order valence-corrected chi connectivity index (χ3v) is 12.9. The molecule has 1 aliphatic rings. The maximum Gasteiger partial charge on any atom is 0.329 e. The molecule has 8 rings (SSSR count). The first-order valence-electron chi connectivity index (χ1n) is 20.2. The van der Waals surface area contributed by atoms with E-state index in [4.69, 9.17) is 25.8 Å². The SMILES string of the molecule is Cc1c(-c2c(-c3ccc(F)cc3)sc3ncnc(OC(C=O)Cc4ccccc4OCc4ccnc(-c5ccc(CP(=O)(O)O)cc5)n4)c23)ccc(OCCN2CCNCC2)c1Cl. The molecule has 13 nitrogen and oxygen atoms in total. The van der Waals surface area contributed by atoms with E-state index < -0.39 is 13.7 Å². The van der Waals surface area contributed by atoms with Gasteiger partial charge in [-0.3, -0.25) is 14.3 Å². The van der Waals surface area contributed by atoms with Gasteiger partial charge in [-0.05, 0) is 65.1 Å². The molecule has 4 aromatic carbocycles. The van der Waals surface area contributed by atoms with Gasteiger partial charge in [0.2, 0.25) is 5.88 Å². The maximum absolute atomic E-state index is 14.2. The van der Waals surface area contributed by atoms with Crippen molar-refractivity contribution in [1.82, 2.24) is 30.2 Å². The Bertz CT molecular complexity index is 2770. The largest absolute Gasteiger partial charge is 0.491 e. The van der Waals surface area contributed by atoms with Crippen LogP contribution in [0.2, 0.25) is 5.02 Å². The molecule has 324 valence electrons. The normalized spacial score (nSPS) is 13.8. The van der Waals surface area contributed by atoms with Crippen molar-refractivity contribution in [1.29, 1.82) is 0 Å². The van der Waals surface area contributed by atoms with Gasteiger partial charge in [0, 0.05) is 61.3 Å². The average Bonchev–Trinajstić information content (AvgIpc) is 3.68. The van der Waals surface area contributed by atoms with Crippen LogP contribution in [0.15, 0.2) is 104 Å². The van der Waals surface area contributed by atoms with Crippen LogP contribution in [0.25, 0.3) is 43.2 Å². The van der Waals surface area contributed by atoms with Crippen LogP contribution < -0.4 is 19.5 Å². The van der Waals surface area contributed by atoms with E-state index in [1.807, 2.05) is 37.3 Å². The van der Waals surface area contributed by atoms with E-state index >= 15 is 0 Å². The molecule has 0 amide bonds. The third-order valence-electron chi connectivity index (χ3n) is 10.6. The first kappa shape index (κ1) is 44.0. The molecule has 7 aromatic rings. The molecule has 4 heterocycles. The number of hydrogen-bond acceptors (Lipinski definition) is 12. The molecule has 0 bridgehead atoms. The van der Waals surface area contributed by atoms with E-state index in [2.05, 4.69) is 30.2 Å². The number of aromatic nitrogens is 4. The Morgan fingerprint density at radius 3 is 2.46 bits per heavy atom. The number of hydrogen-bond donors (Lipinski definition) is 3. The molecule has 3 N–H and O–H groups in total. The van der Waals surface area contributed by atoms with E-state index in [0.29, 0.717) is 61.6 Å². The monoisotopic (exact) mass is 908 g/mol. The number of carbonyl (C=O) groups excluding carboxylic acids is 1. The van der Waals surface area contributed by atoms with Gasteiger partial charge in [0.25, 0.3) is 0 Å². The van der Waals surface area contributed by atoms with Crippen LogP contribution in [-0.4, -0.2) is 86.3 Å². The van der Waals surface area contributed by atoms with Crippen molar-refractivity contribution in [2.75, 3.05) is 39.3 Å². The molecular formula is C46H43ClFN6O7PS. The van der Waals surface area contributed by atoms with Crippen molar-refractivity contribution in [3.05, 3.63) is 137 Å². The summed E-state index contributed by atoms with van der Waals surface area (Å²) in [5.41, 5.74) is 5.52. The minimum Gasteiger partial charge on any atom is -0.491 e. The van der Waals surface area contributed by atoms with E-state index in [1.165, 1.54) is 29.8 Å². The molecular weight excluding hydrogens is 866 g/mol. The van der Waals surface area contributed by atoms with Gasteiger partial charge in [0.15, 0.2) is 18.2 Å². The smallest absolute Gasteiger partial charge is 0.329 e. The van der Waals surface area contributed by atoms with Crippen molar-refractivity contribution in [2.24, 2.45) is 0 Å². The van der Waals surface area contributed by atoms with Crippen molar-refractivity contribution >= 4 is 47.0 Å². The lowest BCUT2D eigenvalue weighted by atomic mass is 9.96. The van der Waals surface area contributed by atoms with Crippen LogP contribution in [0.5, 0.6) is 17.4 Å². The molecule has 0 aliphatic carbocycles. The van der Waals surface area contributed by atoms with Crippen LogP contribution >= 0.6 is 30.5 Å². The van der Waals surface area contributed by atoms with Gasteiger partial charge in [-0.1, -0.05) is 72.3 Å². The van der Waals surface area contributed by atoms with Gasteiger partial charge in [0.05, 0.1) is 22.3 Å². The van der Waals surface area contributed by atoms with Crippen LogP contribution in [-0.2, 0) is 28.5 Å². The molecule has 63 heavy (non-hydrogen) atoms. The van der Waals surface area contributed by atoms with Crippen LogP contribution in [0.4, 0.5) is 4.39 Å². The second-order valence-electron chi connectivity index (χ2n) is 14.9. The molecule has 0 spiro atoms. The number of fused-ring (bicyclic) bond motifs is 1. The number of ether oxygens (including phenoxy) is 3. The number of nitrogens with zero attached hydrogens (tertiary/aromatic N) is 5. The highest BCUT2D eigenvalue weighted by molar-refractivity contribution is 7.50. The lowest BCUT2D eigenvalue weighted by Crippen LogP contribution is -2.44.